The monoisotopic (exact) mass is 526 g/mol. The van der Waals surface area contributed by atoms with Crippen LogP contribution in [0.25, 0.3) is 11.3 Å². The summed E-state index contributed by atoms with van der Waals surface area (Å²) >= 11 is 1.33. The lowest BCUT2D eigenvalue weighted by molar-refractivity contribution is -0.122. The third-order valence-electron chi connectivity index (χ3n) is 6.27. The number of nitrogens with one attached hydrogen (secondary N) is 2. The number of fused-ring (bicyclic) bond motifs is 1. The summed E-state index contributed by atoms with van der Waals surface area (Å²) < 4.78 is 32.8. The minimum Gasteiger partial charge on any atom is -0.479 e. The molecule has 2 N–H and O–H groups in total. The normalized spacial score (nSPS) is 18.2. The largest absolute Gasteiger partial charge is 0.479 e. The number of nitrogens with zero attached hydrogens (tertiary/aromatic N) is 2. The van der Waals surface area contributed by atoms with E-state index in [4.69, 9.17) is 4.74 Å². The van der Waals surface area contributed by atoms with Gasteiger partial charge in [-0.2, -0.15) is 4.31 Å². The van der Waals surface area contributed by atoms with Crippen LogP contribution in [-0.4, -0.2) is 48.7 Å². The van der Waals surface area contributed by atoms with Crippen LogP contribution in [0.4, 0.5) is 10.8 Å². The van der Waals surface area contributed by atoms with Gasteiger partial charge in [-0.1, -0.05) is 6.42 Å². The lowest BCUT2D eigenvalue weighted by Crippen LogP contribution is -2.35. The van der Waals surface area contributed by atoms with Crippen LogP contribution in [-0.2, 0) is 14.8 Å². The first-order chi connectivity index (χ1) is 17.2. The Balaban J connectivity index is 1.31. The van der Waals surface area contributed by atoms with Crippen molar-refractivity contribution in [2.24, 2.45) is 0 Å². The zero-order chi connectivity index (χ0) is 25.4. The van der Waals surface area contributed by atoms with Crippen molar-refractivity contribution in [3.8, 4) is 17.0 Å². The summed E-state index contributed by atoms with van der Waals surface area (Å²) in [5.41, 5.74) is 2.39. The third-order valence-corrected chi connectivity index (χ3v) is 9.07. The second-order valence-corrected chi connectivity index (χ2v) is 12.0. The van der Waals surface area contributed by atoms with E-state index in [2.05, 4.69) is 15.6 Å². The quantitative estimate of drug-likeness (QED) is 0.513. The van der Waals surface area contributed by atoms with Crippen LogP contribution in [0.2, 0.25) is 0 Å². The highest BCUT2D eigenvalue weighted by Crippen LogP contribution is 2.37. The number of amides is 2. The van der Waals surface area contributed by atoms with Gasteiger partial charge in [0.05, 0.1) is 16.3 Å². The molecule has 2 amide bonds. The van der Waals surface area contributed by atoms with Crippen molar-refractivity contribution >= 4 is 44.0 Å². The Bertz CT molecular complexity index is 1430. The van der Waals surface area contributed by atoms with Crippen LogP contribution in [0.5, 0.6) is 5.75 Å². The van der Waals surface area contributed by atoms with Crippen LogP contribution >= 0.6 is 11.3 Å². The summed E-state index contributed by atoms with van der Waals surface area (Å²) in [5, 5.41) is 6.05. The van der Waals surface area contributed by atoms with E-state index in [1.54, 1.807) is 19.1 Å². The molecule has 3 heterocycles. The number of aromatic nitrogens is 1. The predicted molar refractivity (Wildman–Crippen MR) is 138 cm³/mol. The van der Waals surface area contributed by atoms with Gasteiger partial charge in [-0.15, -0.1) is 11.3 Å². The number of hydrogen-bond donors (Lipinski definition) is 2. The van der Waals surface area contributed by atoms with E-state index in [0.717, 1.165) is 29.7 Å². The topological polar surface area (TPSA) is 118 Å². The van der Waals surface area contributed by atoms with Gasteiger partial charge < -0.3 is 10.1 Å². The zero-order valence-electron chi connectivity index (χ0n) is 19.9. The number of rotatable bonds is 5. The molecule has 1 saturated heterocycles. The Morgan fingerprint density at radius 1 is 1.14 bits per heavy atom. The summed E-state index contributed by atoms with van der Waals surface area (Å²) in [5.74, 6) is 0.00710. The summed E-state index contributed by atoms with van der Waals surface area (Å²) in [6, 6.07) is 11.4. The molecule has 0 aliphatic carbocycles. The first kappa shape index (κ1) is 24.4. The molecule has 0 radical (unpaired) electrons. The Morgan fingerprint density at radius 2 is 1.86 bits per heavy atom. The highest BCUT2D eigenvalue weighted by atomic mass is 32.2. The molecular weight excluding hydrogens is 500 g/mol. The summed E-state index contributed by atoms with van der Waals surface area (Å²) in [4.78, 5) is 30.4. The molecule has 5 rings (SSSR count). The Hall–Kier alpha value is -3.28. The van der Waals surface area contributed by atoms with Gasteiger partial charge in [0.15, 0.2) is 11.2 Å². The predicted octanol–water partition coefficient (Wildman–Crippen LogP) is 4.26. The first-order valence-electron chi connectivity index (χ1n) is 11.7. The van der Waals surface area contributed by atoms with E-state index in [1.165, 1.54) is 39.9 Å². The van der Waals surface area contributed by atoms with Gasteiger partial charge in [0.25, 0.3) is 11.8 Å². The average Bonchev–Trinajstić information content (AvgIpc) is 3.24. The minimum absolute atomic E-state index is 0.186. The number of hydrogen-bond acceptors (Lipinski definition) is 7. The Morgan fingerprint density at radius 3 is 2.58 bits per heavy atom. The molecular formula is C25H26N4O5S2. The molecule has 2 aliphatic rings. The number of carbonyl (C=O) groups is 2. The molecule has 3 aromatic rings. The number of sulfonamides is 1. The van der Waals surface area contributed by atoms with Crippen LogP contribution in [0.3, 0.4) is 0 Å². The molecule has 188 valence electrons. The number of benzene rings is 2. The van der Waals surface area contributed by atoms with Gasteiger partial charge in [-0.25, -0.2) is 13.4 Å². The van der Waals surface area contributed by atoms with Gasteiger partial charge in [0, 0.05) is 29.1 Å². The van der Waals surface area contributed by atoms with Crippen LogP contribution in [0.15, 0.2) is 47.4 Å². The molecule has 2 aliphatic heterocycles. The summed E-state index contributed by atoms with van der Waals surface area (Å²) in [6.45, 7) is 4.64. The van der Waals surface area contributed by atoms with Crippen molar-refractivity contribution in [2.75, 3.05) is 23.7 Å². The zero-order valence-corrected chi connectivity index (χ0v) is 21.5. The fourth-order valence-corrected chi connectivity index (χ4v) is 6.62. The maximum Gasteiger partial charge on any atom is 0.265 e. The number of anilines is 2. The molecule has 0 bridgehead atoms. The van der Waals surface area contributed by atoms with Crippen LogP contribution < -0.4 is 15.4 Å². The molecule has 2 aromatic carbocycles. The summed E-state index contributed by atoms with van der Waals surface area (Å²) in [6.07, 6.45) is 2.22. The van der Waals surface area contributed by atoms with Gasteiger partial charge in [0.2, 0.25) is 10.0 Å². The van der Waals surface area contributed by atoms with Gasteiger partial charge >= 0.3 is 0 Å². The highest BCUT2D eigenvalue weighted by molar-refractivity contribution is 7.89. The molecule has 0 spiro atoms. The van der Waals surface area contributed by atoms with E-state index in [-0.39, 0.29) is 16.7 Å². The van der Waals surface area contributed by atoms with Crippen molar-refractivity contribution in [1.82, 2.24) is 9.29 Å². The minimum atomic E-state index is -3.55. The van der Waals surface area contributed by atoms with Gasteiger partial charge in [-0.05, 0) is 69.2 Å². The second-order valence-electron chi connectivity index (χ2n) is 8.83. The molecule has 1 aromatic heterocycles. The molecule has 1 atom stereocenters. The van der Waals surface area contributed by atoms with Crippen LogP contribution in [0.1, 0.15) is 41.4 Å². The van der Waals surface area contributed by atoms with E-state index < -0.39 is 16.1 Å². The lowest BCUT2D eigenvalue weighted by atomic mass is 10.1. The van der Waals surface area contributed by atoms with E-state index in [1.807, 2.05) is 13.0 Å². The fourth-order valence-electron chi connectivity index (χ4n) is 4.28. The number of ether oxygens (including phenoxy) is 1. The lowest BCUT2D eigenvalue weighted by Gasteiger charge is -2.25. The number of aryl methyl sites for hydroxylation is 1. The molecule has 1 unspecified atom stereocenters. The van der Waals surface area contributed by atoms with Gasteiger partial charge in [-0.3, -0.25) is 14.9 Å². The third kappa shape index (κ3) is 4.73. The van der Waals surface area contributed by atoms with Crippen molar-refractivity contribution in [2.45, 2.75) is 44.1 Å². The molecule has 0 saturated carbocycles. The molecule has 1 fully saturated rings. The summed E-state index contributed by atoms with van der Waals surface area (Å²) in [7, 11) is -3.55. The van der Waals surface area contributed by atoms with E-state index >= 15 is 0 Å². The van der Waals surface area contributed by atoms with Crippen molar-refractivity contribution < 1.29 is 22.7 Å². The number of carbonyl (C=O) groups excluding carboxylic acids is 2. The molecule has 11 heteroatoms. The standard InChI is InChI=1S/C25H26N4O5S2/c1-15-23(30)26-20-14-18(8-11-21(20)34-15)22-16(2)35-25(27-22)28-24(31)17-6-9-19(10-7-17)36(32,33)29-12-4-3-5-13-29/h6-11,14-15H,3-5,12-13H2,1-2H3,(H,26,30)(H,27,28,31). The fraction of sp³-hybridized carbons (Fsp3) is 0.320. The molecule has 9 nitrogen and oxygen atoms in total. The second kappa shape index (κ2) is 9.64. The Labute approximate surface area is 213 Å². The van der Waals surface area contributed by atoms with Crippen molar-refractivity contribution in [3.05, 3.63) is 52.9 Å². The average molecular weight is 527 g/mol. The smallest absolute Gasteiger partial charge is 0.265 e. The maximum absolute atomic E-state index is 12.8. The van der Waals surface area contributed by atoms with Crippen molar-refractivity contribution in [3.63, 3.8) is 0 Å². The maximum atomic E-state index is 12.8. The Kier molecular flexibility index (Phi) is 6.54. The van der Waals surface area contributed by atoms with E-state index in [9.17, 15) is 18.0 Å². The highest BCUT2D eigenvalue weighted by Gasteiger charge is 2.27. The van der Waals surface area contributed by atoms with Gasteiger partial charge in [0.1, 0.15) is 5.75 Å². The van der Waals surface area contributed by atoms with E-state index in [0.29, 0.717) is 40.9 Å². The number of thiazole rings is 1. The molecule has 36 heavy (non-hydrogen) atoms. The SMILES string of the molecule is Cc1sc(NC(=O)c2ccc(S(=O)(=O)N3CCCCC3)cc2)nc1-c1ccc2c(c1)NC(=O)C(C)O2. The first-order valence-corrected chi connectivity index (χ1v) is 14.0. The number of piperidine rings is 1. The van der Waals surface area contributed by atoms with Crippen LogP contribution in [0, 0.1) is 6.92 Å². The van der Waals surface area contributed by atoms with Crippen molar-refractivity contribution in [1.29, 1.82) is 0 Å².